The van der Waals surface area contributed by atoms with Crippen LogP contribution in [0.2, 0.25) is 0 Å². The Labute approximate surface area is 184 Å². The molecule has 0 spiro atoms. The van der Waals surface area contributed by atoms with Crippen LogP contribution in [0.5, 0.6) is 5.75 Å². The third kappa shape index (κ3) is 5.01. The fraction of sp³-hybridized carbons (Fsp3) is 0.409. The molecule has 31 heavy (non-hydrogen) atoms. The number of hydrogen-bond donors (Lipinski definition) is 2. The molecule has 4 rings (SSSR count). The molecular formula is C22H27N5O3S. The molecule has 3 N–H and O–H groups in total. The molecule has 1 atom stereocenters. The van der Waals surface area contributed by atoms with Crippen LogP contribution in [0.25, 0.3) is 21.9 Å². The third-order valence-electron chi connectivity index (χ3n) is 4.68. The smallest absolute Gasteiger partial charge is 0.131 e. The number of hydrogen-bond acceptors (Lipinski definition) is 8. The van der Waals surface area contributed by atoms with Crippen molar-refractivity contribution in [1.82, 2.24) is 19.5 Å². The van der Waals surface area contributed by atoms with Gasteiger partial charge >= 0.3 is 0 Å². The normalized spacial score (nSPS) is 13.2. The minimum Gasteiger partial charge on any atom is -0.487 e. The largest absolute Gasteiger partial charge is 0.487 e. The number of nitrogens with two attached hydrogens (primary N) is 1. The van der Waals surface area contributed by atoms with Crippen molar-refractivity contribution in [2.45, 2.75) is 59.3 Å². The standard InChI is InChI=1S/C22H27N5O3S/c1-13(23)29-9-19-20-21(27(12-24-20)11-22(3,4)28)17-6-5-16(7-18(17)26-19)30-8-15-10-31-14(2)25-15/h5-7,10,12-13,28H,8-9,11,23H2,1-4H3. The molecule has 8 nitrogen and oxygen atoms in total. The van der Waals surface area contributed by atoms with E-state index in [0.717, 1.165) is 32.6 Å². The van der Waals surface area contributed by atoms with Gasteiger partial charge in [0.15, 0.2) is 0 Å². The van der Waals surface area contributed by atoms with Gasteiger partial charge in [0.1, 0.15) is 24.1 Å². The van der Waals surface area contributed by atoms with Gasteiger partial charge in [-0.2, -0.15) is 0 Å². The Hall–Kier alpha value is -2.59. The molecule has 0 aliphatic heterocycles. The number of thiazole rings is 1. The lowest BCUT2D eigenvalue weighted by atomic mass is 10.1. The summed E-state index contributed by atoms with van der Waals surface area (Å²) in [5.74, 6) is 0.706. The second-order valence-corrected chi connectivity index (χ2v) is 9.34. The van der Waals surface area contributed by atoms with Crippen molar-refractivity contribution in [2.75, 3.05) is 0 Å². The molecule has 0 saturated heterocycles. The fourth-order valence-electron chi connectivity index (χ4n) is 3.45. The minimum absolute atomic E-state index is 0.243. The van der Waals surface area contributed by atoms with Gasteiger partial charge in [-0.05, 0) is 39.8 Å². The lowest BCUT2D eigenvalue weighted by Crippen LogP contribution is -2.25. The molecule has 3 heterocycles. The highest BCUT2D eigenvalue weighted by Gasteiger charge is 2.20. The second-order valence-electron chi connectivity index (χ2n) is 8.28. The van der Waals surface area contributed by atoms with Gasteiger partial charge in [0.2, 0.25) is 0 Å². The topological polar surface area (TPSA) is 108 Å². The summed E-state index contributed by atoms with van der Waals surface area (Å²) in [4.78, 5) is 13.8. The van der Waals surface area contributed by atoms with Crippen LogP contribution in [-0.4, -0.2) is 36.5 Å². The molecular weight excluding hydrogens is 414 g/mol. The Bertz CT molecular complexity index is 1210. The third-order valence-corrected chi connectivity index (χ3v) is 5.51. The summed E-state index contributed by atoms with van der Waals surface area (Å²) in [6.07, 6.45) is 1.32. The number of ether oxygens (including phenoxy) is 2. The molecule has 1 unspecified atom stereocenters. The number of rotatable bonds is 8. The molecule has 0 aliphatic rings. The lowest BCUT2D eigenvalue weighted by molar-refractivity contribution is 0.0564. The van der Waals surface area contributed by atoms with Crippen LogP contribution in [0.1, 0.15) is 37.2 Å². The van der Waals surface area contributed by atoms with Gasteiger partial charge < -0.3 is 24.9 Å². The van der Waals surface area contributed by atoms with Crippen LogP contribution in [0.3, 0.4) is 0 Å². The maximum Gasteiger partial charge on any atom is 0.131 e. The van der Waals surface area contributed by atoms with E-state index in [1.807, 2.05) is 35.1 Å². The van der Waals surface area contributed by atoms with Gasteiger partial charge in [0.05, 0.1) is 52.5 Å². The van der Waals surface area contributed by atoms with Gasteiger partial charge in [-0.3, -0.25) is 0 Å². The van der Waals surface area contributed by atoms with Crippen molar-refractivity contribution in [2.24, 2.45) is 5.73 Å². The molecule has 0 aliphatic carbocycles. The molecule has 3 aromatic heterocycles. The number of fused-ring (bicyclic) bond motifs is 3. The minimum atomic E-state index is -0.889. The van der Waals surface area contributed by atoms with E-state index in [-0.39, 0.29) is 6.61 Å². The monoisotopic (exact) mass is 441 g/mol. The lowest BCUT2D eigenvalue weighted by Gasteiger charge is -2.19. The van der Waals surface area contributed by atoms with E-state index in [2.05, 4.69) is 9.97 Å². The number of nitrogens with zero attached hydrogens (tertiary/aromatic N) is 4. The van der Waals surface area contributed by atoms with Crippen molar-refractivity contribution in [1.29, 1.82) is 0 Å². The first-order valence-corrected chi connectivity index (χ1v) is 11.0. The number of aliphatic hydroxyl groups is 1. The van der Waals surface area contributed by atoms with Crippen molar-refractivity contribution in [3.63, 3.8) is 0 Å². The zero-order valence-electron chi connectivity index (χ0n) is 18.1. The average Bonchev–Trinajstić information content (AvgIpc) is 3.29. The van der Waals surface area contributed by atoms with Gasteiger partial charge in [-0.15, -0.1) is 11.3 Å². The van der Waals surface area contributed by atoms with E-state index in [9.17, 15) is 5.11 Å². The number of pyridine rings is 1. The SMILES string of the molecule is Cc1nc(COc2ccc3c(c2)nc(COC(C)N)c2ncn(CC(C)(C)O)c23)cs1. The first-order chi connectivity index (χ1) is 14.7. The summed E-state index contributed by atoms with van der Waals surface area (Å²) in [5, 5.41) is 14.3. The van der Waals surface area contributed by atoms with Gasteiger partial charge in [0, 0.05) is 16.8 Å². The molecule has 0 radical (unpaired) electrons. The number of aromatic nitrogens is 4. The van der Waals surface area contributed by atoms with Crippen molar-refractivity contribution < 1.29 is 14.6 Å². The Morgan fingerprint density at radius 1 is 1.26 bits per heavy atom. The quantitative estimate of drug-likeness (QED) is 0.403. The highest BCUT2D eigenvalue weighted by molar-refractivity contribution is 7.09. The van der Waals surface area contributed by atoms with Gasteiger partial charge in [-0.25, -0.2) is 15.0 Å². The highest BCUT2D eigenvalue weighted by atomic mass is 32.1. The molecule has 0 fully saturated rings. The van der Waals surface area contributed by atoms with Crippen LogP contribution in [0.4, 0.5) is 0 Å². The number of benzene rings is 1. The van der Waals surface area contributed by atoms with E-state index in [1.165, 1.54) is 0 Å². The highest BCUT2D eigenvalue weighted by Crippen LogP contribution is 2.30. The van der Waals surface area contributed by atoms with Crippen LogP contribution >= 0.6 is 11.3 Å². The average molecular weight is 442 g/mol. The summed E-state index contributed by atoms with van der Waals surface area (Å²) in [6.45, 7) is 8.34. The zero-order chi connectivity index (χ0) is 22.2. The summed E-state index contributed by atoms with van der Waals surface area (Å²) in [6, 6.07) is 5.80. The van der Waals surface area contributed by atoms with Crippen LogP contribution in [-0.2, 0) is 24.5 Å². The number of imidazole rings is 1. The predicted molar refractivity (Wildman–Crippen MR) is 121 cm³/mol. The van der Waals surface area contributed by atoms with Crippen molar-refractivity contribution in [3.05, 3.63) is 46.3 Å². The molecule has 9 heteroatoms. The van der Waals surface area contributed by atoms with E-state index >= 15 is 0 Å². The van der Waals surface area contributed by atoms with E-state index in [0.29, 0.717) is 24.6 Å². The van der Waals surface area contributed by atoms with E-state index < -0.39 is 11.8 Å². The molecule has 0 saturated carbocycles. The summed E-state index contributed by atoms with van der Waals surface area (Å²) < 4.78 is 13.5. The summed E-state index contributed by atoms with van der Waals surface area (Å²) in [7, 11) is 0. The Balaban J connectivity index is 1.75. The summed E-state index contributed by atoms with van der Waals surface area (Å²) >= 11 is 1.60. The second kappa shape index (κ2) is 8.51. The summed E-state index contributed by atoms with van der Waals surface area (Å²) in [5.41, 5.74) is 8.89. The molecule has 0 bridgehead atoms. The number of aryl methyl sites for hydroxylation is 1. The maximum absolute atomic E-state index is 10.4. The predicted octanol–water partition coefficient (Wildman–Crippen LogP) is 3.52. The first-order valence-electron chi connectivity index (χ1n) is 10.1. The zero-order valence-corrected chi connectivity index (χ0v) is 18.9. The molecule has 0 amide bonds. The molecule has 1 aromatic carbocycles. The Morgan fingerprint density at radius 3 is 2.74 bits per heavy atom. The fourth-order valence-corrected chi connectivity index (χ4v) is 4.04. The Kier molecular flexibility index (Phi) is 5.94. The van der Waals surface area contributed by atoms with Crippen LogP contribution in [0, 0.1) is 6.92 Å². The maximum atomic E-state index is 10.4. The Morgan fingerprint density at radius 2 is 2.06 bits per heavy atom. The molecule has 4 aromatic rings. The molecule has 164 valence electrons. The van der Waals surface area contributed by atoms with E-state index in [4.69, 9.17) is 20.2 Å². The van der Waals surface area contributed by atoms with E-state index in [1.54, 1.807) is 38.4 Å². The van der Waals surface area contributed by atoms with Crippen molar-refractivity contribution in [3.8, 4) is 5.75 Å². The van der Waals surface area contributed by atoms with Gasteiger partial charge in [-0.1, -0.05) is 0 Å². The van der Waals surface area contributed by atoms with Crippen molar-refractivity contribution >= 4 is 33.3 Å². The first kappa shape index (κ1) is 21.6. The van der Waals surface area contributed by atoms with Crippen LogP contribution < -0.4 is 10.5 Å². The van der Waals surface area contributed by atoms with Crippen LogP contribution in [0.15, 0.2) is 29.9 Å². The van der Waals surface area contributed by atoms with Gasteiger partial charge in [0.25, 0.3) is 0 Å².